The minimum Gasteiger partial charge on any atom is -0.0971 e. The van der Waals surface area contributed by atoms with Gasteiger partial charge in [-0.2, -0.15) is 0 Å². The summed E-state index contributed by atoms with van der Waals surface area (Å²) in [5.74, 6) is 0. The zero-order chi connectivity index (χ0) is 13.9. The summed E-state index contributed by atoms with van der Waals surface area (Å²) in [6, 6.07) is 15.0. The molecule has 1 heterocycles. The molecule has 0 amide bonds. The highest BCUT2D eigenvalue weighted by molar-refractivity contribution is 8.11. The molecule has 0 bridgehead atoms. The van der Waals surface area contributed by atoms with Gasteiger partial charge in [0.05, 0.1) is 0 Å². The molecule has 0 saturated heterocycles. The number of rotatable bonds is 1. The lowest BCUT2D eigenvalue weighted by atomic mass is 10.00. The lowest BCUT2D eigenvalue weighted by Crippen LogP contribution is -1.90. The summed E-state index contributed by atoms with van der Waals surface area (Å²) in [5.41, 5.74) is 3.60. The van der Waals surface area contributed by atoms with E-state index in [4.69, 9.17) is 0 Å². The fourth-order valence-corrected chi connectivity index (χ4v) is 3.29. The third-order valence-electron chi connectivity index (χ3n) is 3.53. The number of fused-ring (bicyclic) bond motifs is 1. The highest BCUT2D eigenvalue weighted by Gasteiger charge is 2.11. The van der Waals surface area contributed by atoms with Crippen LogP contribution in [0.15, 0.2) is 83.8 Å². The molecule has 2 aromatic rings. The van der Waals surface area contributed by atoms with Crippen molar-refractivity contribution >= 4 is 27.4 Å². The van der Waals surface area contributed by atoms with Crippen LogP contribution >= 0.6 is 11.8 Å². The van der Waals surface area contributed by atoms with Crippen molar-refractivity contribution in [2.24, 2.45) is 0 Å². The third kappa shape index (κ3) is 2.37. The van der Waals surface area contributed by atoms with Gasteiger partial charge in [-0.3, -0.25) is 0 Å². The maximum atomic E-state index is 4.16. The molecular weight excluding hydrogens is 260 g/mol. The predicted molar refractivity (Wildman–Crippen MR) is 91.6 cm³/mol. The van der Waals surface area contributed by atoms with Gasteiger partial charge < -0.3 is 0 Å². The fraction of sp³-hybridized carbons (Fsp3) is 0.0526. The van der Waals surface area contributed by atoms with Gasteiger partial charge in [0.2, 0.25) is 0 Å². The Hall–Kier alpha value is -1.99. The molecule has 0 N–H and O–H groups in total. The van der Waals surface area contributed by atoms with E-state index in [0.29, 0.717) is 0 Å². The van der Waals surface area contributed by atoms with Crippen molar-refractivity contribution in [2.45, 2.75) is 6.92 Å². The molecule has 1 aliphatic heterocycles. The first-order valence-corrected chi connectivity index (χ1v) is 7.53. The molecule has 0 fully saturated rings. The summed E-state index contributed by atoms with van der Waals surface area (Å²) >= 11 is 1.76. The van der Waals surface area contributed by atoms with Crippen LogP contribution in [0, 0.1) is 0 Å². The van der Waals surface area contributed by atoms with Crippen LogP contribution < -0.4 is 0 Å². The van der Waals surface area contributed by atoms with E-state index in [2.05, 4.69) is 73.5 Å². The molecule has 20 heavy (non-hydrogen) atoms. The zero-order valence-corrected chi connectivity index (χ0v) is 12.3. The average Bonchev–Trinajstić information content (AvgIpc) is 2.48. The Morgan fingerprint density at radius 3 is 2.65 bits per heavy atom. The van der Waals surface area contributed by atoms with Gasteiger partial charge in [0.15, 0.2) is 0 Å². The summed E-state index contributed by atoms with van der Waals surface area (Å²) < 4.78 is 0. The standard InChI is InChI=1S/C19H16S/c1-14-8-5-6-13-20-19(15(14)2)18-12-7-10-16-9-3-4-11-17(16)18/h3-13H,1H2,2H3/b8-5-,13-6-,19-15-. The van der Waals surface area contributed by atoms with E-state index in [1.807, 2.05) is 6.08 Å². The average molecular weight is 276 g/mol. The van der Waals surface area contributed by atoms with Crippen LogP contribution in [-0.2, 0) is 0 Å². The molecule has 3 rings (SSSR count). The first-order valence-electron chi connectivity index (χ1n) is 6.65. The minimum absolute atomic E-state index is 1.07. The van der Waals surface area contributed by atoms with Crippen molar-refractivity contribution in [3.63, 3.8) is 0 Å². The number of allylic oxidation sites excluding steroid dienone is 5. The predicted octanol–water partition coefficient (Wildman–Crippen LogP) is 5.94. The molecule has 0 unspecified atom stereocenters. The van der Waals surface area contributed by atoms with E-state index in [0.717, 1.165) is 5.57 Å². The van der Waals surface area contributed by atoms with Crippen LogP contribution in [0.1, 0.15) is 12.5 Å². The van der Waals surface area contributed by atoms with Crippen LogP contribution in [-0.4, -0.2) is 0 Å². The van der Waals surface area contributed by atoms with E-state index < -0.39 is 0 Å². The van der Waals surface area contributed by atoms with Crippen LogP contribution in [0.4, 0.5) is 0 Å². The summed E-state index contributed by atoms with van der Waals surface area (Å²) in [4.78, 5) is 1.28. The minimum atomic E-state index is 1.07. The molecule has 0 aliphatic carbocycles. The summed E-state index contributed by atoms with van der Waals surface area (Å²) in [6.07, 6.45) is 6.17. The Balaban J connectivity index is 2.26. The van der Waals surface area contributed by atoms with Gasteiger partial charge in [-0.1, -0.05) is 79.0 Å². The van der Waals surface area contributed by atoms with E-state index in [1.165, 1.54) is 26.8 Å². The van der Waals surface area contributed by atoms with Crippen molar-refractivity contribution < 1.29 is 0 Å². The topological polar surface area (TPSA) is 0 Å². The monoisotopic (exact) mass is 276 g/mol. The number of benzene rings is 2. The van der Waals surface area contributed by atoms with Gasteiger partial charge in [-0.05, 0) is 39.8 Å². The normalized spacial score (nSPS) is 22.4. The number of hydrogen-bond donors (Lipinski definition) is 0. The Labute approximate surface area is 124 Å². The second kappa shape index (κ2) is 5.56. The molecule has 0 radical (unpaired) electrons. The van der Waals surface area contributed by atoms with Crippen molar-refractivity contribution in [1.82, 2.24) is 0 Å². The van der Waals surface area contributed by atoms with Gasteiger partial charge in [0.25, 0.3) is 0 Å². The molecular formula is C19H16S. The molecule has 2 aromatic carbocycles. The van der Waals surface area contributed by atoms with Gasteiger partial charge in [0.1, 0.15) is 0 Å². The van der Waals surface area contributed by atoms with E-state index in [1.54, 1.807) is 11.8 Å². The molecule has 0 saturated carbocycles. The zero-order valence-electron chi connectivity index (χ0n) is 11.5. The lowest BCUT2D eigenvalue weighted by molar-refractivity contribution is 1.46. The smallest absolute Gasteiger partial charge is 0.0229 e. The first-order chi connectivity index (χ1) is 9.77. The molecule has 1 heteroatoms. The lowest BCUT2D eigenvalue weighted by Gasteiger charge is -2.14. The van der Waals surface area contributed by atoms with Gasteiger partial charge in [0, 0.05) is 4.91 Å². The quantitative estimate of drug-likeness (QED) is 0.620. The van der Waals surface area contributed by atoms with E-state index in [9.17, 15) is 0 Å². The summed E-state index contributed by atoms with van der Waals surface area (Å²) in [6.45, 7) is 6.31. The molecule has 98 valence electrons. The first kappa shape index (κ1) is 13.0. The Kier molecular flexibility index (Phi) is 3.62. The highest BCUT2D eigenvalue weighted by atomic mass is 32.2. The van der Waals surface area contributed by atoms with Gasteiger partial charge in [-0.25, -0.2) is 0 Å². The van der Waals surface area contributed by atoms with Crippen LogP contribution in [0.3, 0.4) is 0 Å². The van der Waals surface area contributed by atoms with Gasteiger partial charge >= 0.3 is 0 Å². The molecule has 0 atom stereocenters. The van der Waals surface area contributed by atoms with Crippen molar-refractivity contribution in [1.29, 1.82) is 0 Å². The summed E-state index contributed by atoms with van der Waals surface area (Å²) in [7, 11) is 0. The van der Waals surface area contributed by atoms with Crippen molar-refractivity contribution in [3.05, 3.63) is 89.4 Å². The maximum Gasteiger partial charge on any atom is 0.0229 e. The maximum absolute atomic E-state index is 4.16. The highest BCUT2D eigenvalue weighted by Crippen LogP contribution is 2.38. The van der Waals surface area contributed by atoms with E-state index in [-0.39, 0.29) is 0 Å². The second-order valence-corrected chi connectivity index (χ2v) is 5.73. The van der Waals surface area contributed by atoms with E-state index >= 15 is 0 Å². The number of hydrogen-bond acceptors (Lipinski definition) is 1. The number of thioether (sulfide) groups is 1. The van der Waals surface area contributed by atoms with Crippen molar-refractivity contribution in [3.8, 4) is 0 Å². The molecule has 0 aromatic heterocycles. The van der Waals surface area contributed by atoms with Crippen LogP contribution in [0.5, 0.6) is 0 Å². The van der Waals surface area contributed by atoms with Gasteiger partial charge in [-0.15, -0.1) is 0 Å². The Morgan fingerprint density at radius 1 is 0.950 bits per heavy atom. The molecule has 0 nitrogen and oxygen atoms in total. The van der Waals surface area contributed by atoms with Crippen LogP contribution in [0.2, 0.25) is 0 Å². The Morgan fingerprint density at radius 2 is 1.75 bits per heavy atom. The van der Waals surface area contributed by atoms with Crippen LogP contribution in [0.25, 0.3) is 15.7 Å². The molecule has 1 aliphatic rings. The summed E-state index contributed by atoms with van der Waals surface area (Å²) in [5, 5.41) is 4.70. The fourth-order valence-electron chi connectivity index (χ4n) is 2.37. The second-order valence-electron chi connectivity index (χ2n) is 4.81. The van der Waals surface area contributed by atoms with Crippen molar-refractivity contribution in [2.75, 3.05) is 0 Å². The SMILES string of the molecule is C=C1/C=C\C=C/S/C(c2cccc3ccccc23)=C\1C. The Bertz CT molecular complexity index is 755. The molecule has 0 spiro atoms. The third-order valence-corrected chi connectivity index (χ3v) is 4.58. The largest absolute Gasteiger partial charge is 0.0971 e.